The van der Waals surface area contributed by atoms with Crippen LogP contribution in [-0.2, 0) is 14.8 Å². The molecule has 0 unspecified atom stereocenters. The lowest BCUT2D eigenvalue weighted by Crippen LogP contribution is -2.42. The Balaban J connectivity index is 1.77. The number of benzene rings is 1. The zero-order chi connectivity index (χ0) is 21.0. The van der Waals surface area contributed by atoms with Crippen molar-refractivity contribution in [2.24, 2.45) is 11.8 Å². The number of hydrogen-bond donors (Lipinski definition) is 1. The van der Waals surface area contributed by atoms with Gasteiger partial charge in [0.25, 0.3) is 5.91 Å². The van der Waals surface area contributed by atoms with Crippen LogP contribution < -0.4 is 10.2 Å². The van der Waals surface area contributed by atoms with E-state index in [0.29, 0.717) is 42.5 Å². The summed E-state index contributed by atoms with van der Waals surface area (Å²) in [7, 11) is -3.63. The second-order valence-corrected chi connectivity index (χ2v) is 9.80. The second kappa shape index (κ2) is 9.08. The third-order valence-corrected chi connectivity index (χ3v) is 6.86. The maximum absolute atomic E-state index is 13.1. The van der Waals surface area contributed by atoms with E-state index in [4.69, 9.17) is 4.84 Å². The summed E-state index contributed by atoms with van der Waals surface area (Å²) in [4.78, 5) is 18.5. The fourth-order valence-corrected chi connectivity index (χ4v) is 5.36. The highest BCUT2D eigenvalue weighted by Crippen LogP contribution is 2.27. The summed E-state index contributed by atoms with van der Waals surface area (Å²) in [6.07, 6.45) is 2.91. The van der Waals surface area contributed by atoms with Crippen molar-refractivity contribution in [1.82, 2.24) is 24.8 Å². The fraction of sp³-hybridized carbons (Fsp3) is 0.632. The summed E-state index contributed by atoms with van der Waals surface area (Å²) in [5.41, 5.74) is 0.904. The van der Waals surface area contributed by atoms with E-state index < -0.39 is 10.0 Å². The number of carbonyl (C=O) groups is 1. The molecule has 0 saturated carbocycles. The normalized spacial score (nSPS) is 20.7. The minimum Gasteiger partial charge on any atom is -0.385 e. The van der Waals surface area contributed by atoms with Gasteiger partial charge in [-0.05, 0) is 48.1 Å². The predicted octanol–water partition coefficient (Wildman–Crippen LogP) is 1.44. The van der Waals surface area contributed by atoms with Gasteiger partial charge in [-0.3, -0.25) is 4.79 Å². The molecule has 2 atom stereocenters. The fourth-order valence-electron chi connectivity index (χ4n) is 3.66. The molecule has 10 heteroatoms. The van der Waals surface area contributed by atoms with Gasteiger partial charge in [0.1, 0.15) is 11.0 Å². The number of sulfonamides is 1. The molecule has 0 bridgehead atoms. The first-order valence-electron chi connectivity index (χ1n) is 10.1. The molecular formula is C19H29N5O4S. The van der Waals surface area contributed by atoms with E-state index >= 15 is 0 Å². The van der Waals surface area contributed by atoms with E-state index in [-0.39, 0.29) is 17.4 Å². The van der Waals surface area contributed by atoms with E-state index in [0.717, 1.165) is 24.1 Å². The lowest BCUT2D eigenvalue weighted by atomic mass is 9.94. The summed E-state index contributed by atoms with van der Waals surface area (Å²) < 4.78 is 27.8. The molecule has 1 saturated heterocycles. The number of fused-ring (bicyclic) bond motifs is 1. The lowest BCUT2D eigenvalue weighted by molar-refractivity contribution is -0.126. The lowest BCUT2D eigenvalue weighted by Gasteiger charge is -2.34. The minimum atomic E-state index is -3.63. The van der Waals surface area contributed by atoms with E-state index in [9.17, 15) is 13.2 Å². The number of piperidine rings is 1. The molecule has 1 aromatic carbocycles. The zero-order valence-corrected chi connectivity index (χ0v) is 18.0. The molecule has 160 valence electrons. The Labute approximate surface area is 171 Å². The van der Waals surface area contributed by atoms with E-state index in [1.165, 1.54) is 12.1 Å². The number of hydrogen-bond acceptors (Lipinski definition) is 6. The van der Waals surface area contributed by atoms with Crippen LogP contribution in [0.5, 0.6) is 0 Å². The summed E-state index contributed by atoms with van der Waals surface area (Å²) in [6.45, 7) is 7.57. The molecule has 0 aliphatic carbocycles. The Bertz CT molecular complexity index is 949. The number of nitrogens with one attached hydrogen (secondary N) is 1. The summed E-state index contributed by atoms with van der Waals surface area (Å²) >= 11 is 0. The maximum atomic E-state index is 13.1. The highest BCUT2D eigenvalue weighted by molar-refractivity contribution is 7.89. The van der Waals surface area contributed by atoms with Crippen molar-refractivity contribution in [1.29, 1.82) is 0 Å². The van der Waals surface area contributed by atoms with Crippen LogP contribution in [0.15, 0.2) is 23.1 Å². The van der Waals surface area contributed by atoms with Crippen LogP contribution in [0, 0.1) is 11.8 Å². The van der Waals surface area contributed by atoms with Gasteiger partial charge in [-0.15, -0.1) is 5.10 Å². The van der Waals surface area contributed by atoms with Crippen molar-refractivity contribution in [3.05, 3.63) is 18.2 Å². The third kappa shape index (κ3) is 5.05. The van der Waals surface area contributed by atoms with Gasteiger partial charge < -0.3 is 10.2 Å². The van der Waals surface area contributed by atoms with Crippen LogP contribution in [0.4, 0.5) is 0 Å². The van der Waals surface area contributed by atoms with Crippen LogP contribution in [0.1, 0.15) is 40.0 Å². The molecule has 1 N–H and O–H groups in total. The number of nitrogens with zero attached hydrogens (tertiary/aromatic N) is 4. The highest BCUT2D eigenvalue weighted by Gasteiger charge is 2.32. The highest BCUT2D eigenvalue weighted by atomic mass is 32.2. The Kier molecular flexibility index (Phi) is 6.74. The van der Waals surface area contributed by atoms with E-state index in [2.05, 4.69) is 29.5 Å². The van der Waals surface area contributed by atoms with Gasteiger partial charge in [0.05, 0.1) is 4.90 Å². The number of aromatic nitrogens is 3. The molecule has 0 spiro atoms. The molecule has 1 fully saturated rings. The molecule has 1 amide bonds. The summed E-state index contributed by atoms with van der Waals surface area (Å²) in [5, 5.41) is 10.6. The average Bonchev–Trinajstić information content (AvgIpc) is 3.08. The topological polar surface area (TPSA) is 106 Å². The standard InChI is InChI=1S/C19H29N5O4S/c1-4-5-8-20-19(25)13-28-24-18-10-16(6-7-17(18)21-22-24)29(26,27)23-11-14(2)9-15(3)12-23/h6-7,10,14-15H,4-5,8-9,11-13H2,1-3H3,(H,20,25)/t14-,15-/m1/s1. The monoisotopic (exact) mass is 423 g/mol. The Morgan fingerprint density at radius 1 is 1.28 bits per heavy atom. The Morgan fingerprint density at radius 2 is 2.00 bits per heavy atom. The van der Waals surface area contributed by atoms with E-state index in [1.807, 2.05) is 6.92 Å². The molecular weight excluding hydrogens is 394 g/mol. The van der Waals surface area contributed by atoms with Crippen molar-refractivity contribution < 1.29 is 18.0 Å². The Morgan fingerprint density at radius 3 is 2.69 bits per heavy atom. The second-order valence-electron chi connectivity index (χ2n) is 7.86. The quantitative estimate of drug-likeness (QED) is 0.644. The number of amides is 1. The molecule has 2 heterocycles. The van der Waals surface area contributed by atoms with Crippen LogP contribution in [0.2, 0.25) is 0 Å². The smallest absolute Gasteiger partial charge is 0.260 e. The minimum absolute atomic E-state index is 0.172. The van der Waals surface area contributed by atoms with Gasteiger partial charge in [0.2, 0.25) is 10.0 Å². The maximum Gasteiger partial charge on any atom is 0.260 e. The molecule has 1 aliphatic rings. The third-order valence-electron chi connectivity index (χ3n) is 5.03. The van der Waals surface area contributed by atoms with Crippen molar-refractivity contribution in [2.45, 2.75) is 44.9 Å². The summed E-state index contributed by atoms with van der Waals surface area (Å²) in [6, 6.07) is 4.65. The molecule has 29 heavy (non-hydrogen) atoms. The number of unbranched alkanes of at least 4 members (excludes halogenated alkanes) is 1. The summed E-state index contributed by atoms with van der Waals surface area (Å²) in [5.74, 6) is 0.375. The van der Waals surface area contributed by atoms with Crippen molar-refractivity contribution in [2.75, 3.05) is 26.2 Å². The molecule has 1 aromatic heterocycles. The molecule has 1 aliphatic heterocycles. The van der Waals surface area contributed by atoms with Crippen LogP contribution >= 0.6 is 0 Å². The van der Waals surface area contributed by atoms with Gasteiger partial charge in [0.15, 0.2) is 6.61 Å². The first kappa shape index (κ1) is 21.5. The van der Waals surface area contributed by atoms with E-state index in [1.54, 1.807) is 10.4 Å². The average molecular weight is 424 g/mol. The van der Waals surface area contributed by atoms with Crippen LogP contribution in [0.25, 0.3) is 11.0 Å². The molecule has 9 nitrogen and oxygen atoms in total. The van der Waals surface area contributed by atoms with Crippen molar-refractivity contribution in [3.8, 4) is 0 Å². The van der Waals surface area contributed by atoms with Gasteiger partial charge in [-0.2, -0.15) is 4.31 Å². The zero-order valence-electron chi connectivity index (χ0n) is 17.2. The van der Waals surface area contributed by atoms with Crippen molar-refractivity contribution >= 4 is 27.0 Å². The first-order valence-corrected chi connectivity index (χ1v) is 11.5. The molecule has 2 aromatic rings. The van der Waals surface area contributed by atoms with Gasteiger partial charge in [-0.1, -0.05) is 32.0 Å². The largest absolute Gasteiger partial charge is 0.385 e. The van der Waals surface area contributed by atoms with Gasteiger partial charge in [-0.25, -0.2) is 8.42 Å². The van der Waals surface area contributed by atoms with Crippen LogP contribution in [-0.4, -0.2) is 60.0 Å². The van der Waals surface area contributed by atoms with Gasteiger partial charge >= 0.3 is 0 Å². The Hall–Kier alpha value is -2.20. The van der Waals surface area contributed by atoms with Gasteiger partial charge in [0, 0.05) is 19.6 Å². The van der Waals surface area contributed by atoms with Crippen LogP contribution in [0.3, 0.4) is 0 Å². The predicted molar refractivity (Wildman–Crippen MR) is 109 cm³/mol. The molecule has 3 rings (SSSR count). The molecule has 0 radical (unpaired) electrons. The SMILES string of the molecule is CCCCNC(=O)COn1nnc2ccc(S(=O)(=O)N3C[C@H](C)C[C@@H](C)C3)cc21. The number of carbonyl (C=O) groups excluding carboxylic acids is 1. The first-order chi connectivity index (χ1) is 13.8. The number of rotatable bonds is 8. The van der Waals surface area contributed by atoms with Crippen molar-refractivity contribution in [3.63, 3.8) is 0 Å².